The van der Waals surface area contributed by atoms with Crippen molar-refractivity contribution >= 4 is 0 Å². The quantitative estimate of drug-likeness (QED) is 0.492. The molecule has 2 atom stereocenters. The van der Waals surface area contributed by atoms with E-state index in [4.69, 9.17) is 0 Å². The summed E-state index contributed by atoms with van der Waals surface area (Å²) >= 11 is 0. The Morgan fingerprint density at radius 3 is 1.89 bits per heavy atom. The summed E-state index contributed by atoms with van der Waals surface area (Å²) in [5.74, 6) is 0. The van der Waals surface area contributed by atoms with Crippen LogP contribution in [0, 0.1) is 0 Å². The van der Waals surface area contributed by atoms with Crippen molar-refractivity contribution < 1.29 is 0 Å². The van der Waals surface area contributed by atoms with Gasteiger partial charge in [0.25, 0.3) is 0 Å². The van der Waals surface area contributed by atoms with E-state index < -0.39 is 0 Å². The van der Waals surface area contributed by atoms with Crippen LogP contribution in [0.5, 0.6) is 0 Å². The zero-order chi connectivity index (χ0) is 14.8. The predicted molar refractivity (Wildman–Crippen MR) is 88.6 cm³/mol. The fourth-order valence-corrected chi connectivity index (χ4v) is 2.22. The van der Waals surface area contributed by atoms with Crippen molar-refractivity contribution in [3.8, 4) is 0 Å². The van der Waals surface area contributed by atoms with E-state index >= 15 is 0 Å². The zero-order valence-electron chi connectivity index (χ0n) is 14.3. The van der Waals surface area contributed by atoms with Gasteiger partial charge in [-0.15, -0.1) is 0 Å². The monoisotopic (exact) mass is 265 g/mol. The smallest absolute Gasteiger partial charge is 0.0171 e. The van der Waals surface area contributed by atoms with Crippen molar-refractivity contribution in [3.05, 3.63) is 23.3 Å². The Hall–Kier alpha value is -0.560. The van der Waals surface area contributed by atoms with Gasteiger partial charge in [-0.2, -0.15) is 0 Å². The first-order valence-electron chi connectivity index (χ1n) is 7.97. The SMILES string of the molecule is CCC(C)N(CC=C(C)CCC=C(C)C)C(C)CC. The molecule has 1 nitrogen and oxygen atoms in total. The van der Waals surface area contributed by atoms with E-state index in [1.54, 1.807) is 0 Å². The second-order valence-corrected chi connectivity index (χ2v) is 6.08. The largest absolute Gasteiger partial charge is 0.294 e. The molecule has 0 aliphatic carbocycles. The average Bonchev–Trinajstić information content (AvgIpc) is 2.37. The molecule has 0 aromatic rings. The summed E-state index contributed by atoms with van der Waals surface area (Å²) in [7, 11) is 0. The van der Waals surface area contributed by atoms with Crippen LogP contribution in [-0.4, -0.2) is 23.5 Å². The van der Waals surface area contributed by atoms with Gasteiger partial charge >= 0.3 is 0 Å². The summed E-state index contributed by atoms with van der Waals surface area (Å²) in [5.41, 5.74) is 2.95. The third-order valence-corrected chi connectivity index (χ3v) is 4.06. The molecule has 0 amide bonds. The van der Waals surface area contributed by atoms with Crippen LogP contribution in [0.1, 0.15) is 74.1 Å². The van der Waals surface area contributed by atoms with Crippen molar-refractivity contribution in [1.29, 1.82) is 0 Å². The number of hydrogen-bond donors (Lipinski definition) is 0. The average molecular weight is 265 g/mol. The van der Waals surface area contributed by atoms with Gasteiger partial charge in [0, 0.05) is 18.6 Å². The van der Waals surface area contributed by atoms with Crippen molar-refractivity contribution in [2.24, 2.45) is 0 Å². The Morgan fingerprint density at radius 2 is 1.47 bits per heavy atom. The molecular formula is C18H35N. The number of rotatable bonds is 9. The summed E-state index contributed by atoms with van der Waals surface area (Å²) in [6.45, 7) is 17.0. The summed E-state index contributed by atoms with van der Waals surface area (Å²) in [6, 6.07) is 1.36. The maximum atomic E-state index is 2.63. The highest BCUT2D eigenvalue weighted by molar-refractivity contribution is 5.03. The van der Waals surface area contributed by atoms with Crippen LogP contribution in [0.3, 0.4) is 0 Å². The van der Waals surface area contributed by atoms with Crippen LogP contribution in [0.4, 0.5) is 0 Å². The first kappa shape index (κ1) is 18.4. The molecule has 0 aromatic carbocycles. The van der Waals surface area contributed by atoms with Gasteiger partial charge in [0.2, 0.25) is 0 Å². The first-order chi connectivity index (χ1) is 8.92. The lowest BCUT2D eigenvalue weighted by atomic mass is 10.1. The topological polar surface area (TPSA) is 3.24 Å². The standard InChI is InChI=1S/C18H35N/c1-8-17(6)19(18(7)9-2)14-13-16(5)12-10-11-15(3)4/h11,13,17-18H,8-10,12,14H2,1-7H3. The lowest BCUT2D eigenvalue weighted by Gasteiger charge is -2.33. The van der Waals surface area contributed by atoms with Crippen LogP contribution in [0.15, 0.2) is 23.3 Å². The maximum absolute atomic E-state index is 2.63. The van der Waals surface area contributed by atoms with Crippen LogP contribution in [0.25, 0.3) is 0 Å². The fraction of sp³-hybridized carbons (Fsp3) is 0.778. The minimum absolute atomic E-state index is 0.678. The van der Waals surface area contributed by atoms with Crippen LogP contribution >= 0.6 is 0 Å². The van der Waals surface area contributed by atoms with Crippen LogP contribution in [0.2, 0.25) is 0 Å². The molecule has 0 heterocycles. The molecule has 19 heavy (non-hydrogen) atoms. The van der Waals surface area contributed by atoms with Crippen LogP contribution in [-0.2, 0) is 0 Å². The minimum atomic E-state index is 0.678. The highest BCUT2D eigenvalue weighted by Crippen LogP contribution is 2.13. The van der Waals surface area contributed by atoms with Crippen molar-refractivity contribution in [1.82, 2.24) is 4.90 Å². The second kappa shape index (κ2) is 10.3. The molecule has 0 radical (unpaired) electrons. The first-order valence-corrected chi connectivity index (χ1v) is 7.97. The van der Waals surface area contributed by atoms with E-state index in [-0.39, 0.29) is 0 Å². The Labute approximate surface area is 121 Å². The Bertz CT molecular complexity index is 274. The molecule has 0 aliphatic rings. The molecule has 0 spiro atoms. The fourth-order valence-electron chi connectivity index (χ4n) is 2.22. The van der Waals surface area contributed by atoms with Gasteiger partial charge in [0.15, 0.2) is 0 Å². The number of nitrogens with zero attached hydrogens (tertiary/aromatic N) is 1. The molecule has 0 saturated carbocycles. The van der Waals surface area contributed by atoms with Gasteiger partial charge in [0.1, 0.15) is 0 Å². The van der Waals surface area contributed by atoms with E-state index in [1.165, 1.54) is 36.8 Å². The third-order valence-electron chi connectivity index (χ3n) is 4.06. The molecule has 0 bridgehead atoms. The van der Waals surface area contributed by atoms with Gasteiger partial charge in [-0.05, 0) is 60.3 Å². The van der Waals surface area contributed by atoms with Crippen LogP contribution < -0.4 is 0 Å². The Balaban J connectivity index is 4.39. The lowest BCUT2D eigenvalue weighted by molar-refractivity contribution is 0.164. The Kier molecular flexibility index (Phi) is 9.95. The number of hydrogen-bond acceptors (Lipinski definition) is 1. The molecule has 0 aromatic heterocycles. The molecule has 0 fully saturated rings. The van der Waals surface area contributed by atoms with E-state index in [1.807, 2.05) is 0 Å². The summed E-state index contributed by atoms with van der Waals surface area (Å²) in [5, 5.41) is 0. The summed E-state index contributed by atoms with van der Waals surface area (Å²) < 4.78 is 0. The van der Waals surface area contributed by atoms with Crippen molar-refractivity contribution in [2.75, 3.05) is 6.54 Å². The molecule has 0 N–H and O–H groups in total. The van der Waals surface area contributed by atoms with E-state index in [0.717, 1.165) is 6.54 Å². The van der Waals surface area contributed by atoms with E-state index in [0.29, 0.717) is 12.1 Å². The van der Waals surface area contributed by atoms with Gasteiger partial charge in [-0.25, -0.2) is 0 Å². The van der Waals surface area contributed by atoms with Gasteiger partial charge in [0.05, 0.1) is 0 Å². The number of allylic oxidation sites excluding steroid dienone is 3. The van der Waals surface area contributed by atoms with Crippen molar-refractivity contribution in [2.45, 2.75) is 86.2 Å². The molecule has 0 saturated heterocycles. The van der Waals surface area contributed by atoms with Gasteiger partial charge in [-0.1, -0.05) is 37.1 Å². The highest BCUT2D eigenvalue weighted by atomic mass is 15.2. The third kappa shape index (κ3) is 8.26. The molecule has 1 heteroatoms. The minimum Gasteiger partial charge on any atom is -0.294 e. The molecule has 112 valence electrons. The normalized spacial score (nSPS) is 15.5. The predicted octanol–water partition coefficient (Wildman–Crippen LogP) is 5.58. The summed E-state index contributed by atoms with van der Waals surface area (Å²) in [6.07, 6.45) is 9.59. The van der Waals surface area contributed by atoms with E-state index in [2.05, 4.69) is 65.5 Å². The Morgan fingerprint density at radius 1 is 0.947 bits per heavy atom. The summed E-state index contributed by atoms with van der Waals surface area (Å²) in [4.78, 5) is 2.63. The maximum Gasteiger partial charge on any atom is 0.0171 e. The van der Waals surface area contributed by atoms with Gasteiger partial charge in [-0.3, -0.25) is 4.90 Å². The zero-order valence-corrected chi connectivity index (χ0v) is 14.3. The molecule has 0 aliphatic heterocycles. The molecule has 0 rings (SSSR count). The van der Waals surface area contributed by atoms with Gasteiger partial charge < -0.3 is 0 Å². The second-order valence-electron chi connectivity index (χ2n) is 6.08. The molecular weight excluding hydrogens is 230 g/mol. The lowest BCUT2D eigenvalue weighted by Crippen LogP contribution is -2.39. The van der Waals surface area contributed by atoms with Crippen molar-refractivity contribution in [3.63, 3.8) is 0 Å². The van der Waals surface area contributed by atoms with E-state index in [9.17, 15) is 0 Å². The highest BCUT2D eigenvalue weighted by Gasteiger charge is 2.16. The molecule has 2 unspecified atom stereocenters.